The fourth-order valence-corrected chi connectivity index (χ4v) is 3.34. The van der Waals surface area contributed by atoms with Gasteiger partial charge in [0, 0.05) is 25.3 Å². The summed E-state index contributed by atoms with van der Waals surface area (Å²) in [6, 6.07) is 8.02. The van der Waals surface area contributed by atoms with E-state index >= 15 is 0 Å². The summed E-state index contributed by atoms with van der Waals surface area (Å²) in [6.45, 7) is 3.42. The number of benzene rings is 1. The number of rotatable bonds is 2. The summed E-state index contributed by atoms with van der Waals surface area (Å²) in [7, 11) is 0. The highest BCUT2D eigenvalue weighted by Gasteiger charge is 2.39. The van der Waals surface area contributed by atoms with Crippen molar-refractivity contribution in [2.75, 3.05) is 25.0 Å². The maximum Gasteiger partial charge on any atom is 0.308 e. The number of fused-ring (bicyclic) bond motifs is 1. The molecule has 1 aromatic rings. The van der Waals surface area contributed by atoms with Gasteiger partial charge in [-0.05, 0) is 24.0 Å². The zero-order valence-electron chi connectivity index (χ0n) is 12.1. The van der Waals surface area contributed by atoms with Crippen LogP contribution < -0.4 is 5.32 Å². The first kappa shape index (κ1) is 13.9. The highest BCUT2D eigenvalue weighted by molar-refractivity contribution is 5.82. The van der Waals surface area contributed by atoms with Gasteiger partial charge in [0.2, 0.25) is 5.91 Å². The molecule has 3 atom stereocenters. The van der Waals surface area contributed by atoms with E-state index in [-0.39, 0.29) is 17.7 Å². The molecule has 2 N–H and O–H groups in total. The van der Waals surface area contributed by atoms with E-state index in [9.17, 15) is 14.7 Å². The molecule has 1 amide bonds. The zero-order valence-corrected chi connectivity index (χ0v) is 12.1. The van der Waals surface area contributed by atoms with Crippen LogP contribution in [0.15, 0.2) is 24.3 Å². The maximum atomic E-state index is 12.6. The van der Waals surface area contributed by atoms with Gasteiger partial charge in [-0.15, -0.1) is 0 Å². The van der Waals surface area contributed by atoms with Crippen LogP contribution in [-0.2, 0) is 16.0 Å². The van der Waals surface area contributed by atoms with E-state index in [1.165, 1.54) is 0 Å². The van der Waals surface area contributed by atoms with E-state index in [4.69, 9.17) is 0 Å². The third kappa shape index (κ3) is 2.60. The van der Waals surface area contributed by atoms with Crippen LogP contribution in [0.5, 0.6) is 0 Å². The fraction of sp³-hybridized carbons (Fsp3) is 0.500. The van der Waals surface area contributed by atoms with Crippen molar-refractivity contribution < 1.29 is 14.7 Å². The van der Waals surface area contributed by atoms with Gasteiger partial charge < -0.3 is 15.3 Å². The van der Waals surface area contributed by atoms with Crippen LogP contribution in [-0.4, -0.2) is 41.5 Å². The lowest BCUT2D eigenvalue weighted by molar-refractivity contribution is -0.142. The smallest absolute Gasteiger partial charge is 0.308 e. The van der Waals surface area contributed by atoms with Gasteiger partial charge in [-0.1, -0.05) is 25.1 Å². The van der Waals surface area contributed by atoms with Gasteiger partial charge in [-0.3, -0.25) is 9.59 Å². The Labute approximate surface area is 123 Å². The Bertz CT molecular complexity index is 572. The molecule has 112 valence electrons. The van der Waals surface area contributed by atoms with E-state index in [1.54, 1.807) is 4.90 Å². The van der Waals surface area contributed by atoms with Crippen LogP contribution in [0.2, 0.25) is 0 Å². The number of nitrogens with zero attached hydrogens (tertiary/aromatic N) is 1. The lowest BCUT2D eigenvalue weighted by Gasteiger charge is -2.28. The van der Waals surface area contributed by atoms with Crippen molar-refractivity contribution in [1.82, 2.24) is 4.90 Å². The summed E-state index contributed by atoms with van der Waals surface area (Å²) in [5.41, 5.74) is 2.25. The minimum absolute atomic E-state index is 0.0234. The fourth-order valence-electron chi connectivity index (χ4n) is 3.34. The third-order valence-corrected chi connectivity index (χ3v) is 4.61. The number of aliphatic carboxylic acids is 1. The van der Waals surface area contributed by atoms with Gasteiger partial charge in [0.05, 0.1) is 11.8 Å². The van der Waals surface area contributed by atoms with E-state index < -0.39 is 11.9 Å². The van der Waals surface area contributed by atoms with Gasteiger partial charge in [-0.2, -0.15) is 0 Å². The molecular formula is C16H20N2O3. The van der Waals surface area contributed by atoms with Gasteiger partial charge >= 0.3 is 5.97 Å². The number of carboxylic acids is 1. The zero-order chi connectivity index (χ0) is 15.0. The molecule has 0 spiro atoms. The summed E-state index contributed by atoms with van der Waals surface area (Å²) in [5.74, 6) is -1.23. The molecule has 1 saturated heterocycles. The third-order valence-electron chi connectivity index (χ3n) is 4.61. The molecule has 3 rings (SSSR count). The molecule has 21 heavy (non-hydrogen) atoms. The number of hydrogen-bond donors (Lipinski definition) is 2. The number of carboxylic acid groups (broad SMARTS) is 1. The number of likely N-dealkylation sites (tertiary alicyclic amines) is 1. The number of hydrogen-bond acceptors (Lipinski definition) is 3. The van der Waals surface area contributed by atoms with Gasteiger partial charge in [0.1, 0.15) is 0 Å². The molecule has 1 fully saturated rings. The minimum Gasteiger partial charge on any atom is -0.481 e. The van der Waals surface area contributed by atoms with Crippen molar-refractivity contribution >= 4 is 17.6 Å². The van der Waals surface area contributed by atoms with E-state index in [0.29, 0.717) is 19.6 Å². The average molecular weight is 288 g/mol. The number of nitrogens with one attached hydrogen (secondary N) is 1. The second-order valence-electron chi connectivity index (χ2n) is 6.10. The number of carbonyl (C=O) groups is 2. The van der Waals surface area contributed by atoms with Crippen molar-refractivity contribution in [3.63, 3.8) is 0 Å². The minimum atomic E-state index is -0.801. The maximum absolute atomic E-state index is 12.6. The van der Waals surface area contributed by atoms with Gasteiger partial charge in [0.15, 0.2) is 0 Å². The van der Waals surface area contributed by atoms with Crippen molar-refractivity contribution in [3.05, 3.63) is 29.8 Å². The van der Waals surface area contributed by atoms with E-state index in [2.05, 4.69) is 5.32 Å². The average Bonchev–Trinajstić information content (AvgIpc) is 2.88. The number of para-hydroxylation sites is 1. The molecule has 2 heterocycles. The monoisotopic (exact) mass is 288 g/mol. The molecule has 0 radical (unpaired) electrons. The lowest BCUT2D eigenvalue weighted by Crippen LogP contribution is -2.40. The standard InChI is InChI=1S/C16H20N2O3/c1-10-8-18(9-13(10)16(20)21)15(19)12-6-11-4-2-3-5-14(11)17-7-12/h2-5,10,12-13,17H,6-9H2,1H3,(H,20,21)/t10-,12?,13-/m1/s1. The predicted molar refractivity (Wildman–Crippen MR) is 79.0 cm³/mol. The second kappa shape index (κ2) is 5.39. The Morgan fingerprint density at radius 2 is 2.05 bits per heavy atom. The Balaban J connectivity index is 1.69. The molecule has 0 aliphatic carbocycles. The molecule has 1 unspecified atom stereocenters. The quantitative estimate of drug-likeness (QED) is 0.864. The normalized spacial score (nSPS) is 27.9. The Hall–Kier alpha value is -2.04. The molecule has 0 bridgehead atoms. The van der Waals surface area contributed by atoms with Crippen molar-refractivity contribution in [1.29, 1.82) is 0 Å². The van der Waals surface area contributed by atoms with Crippen LogP contribution in [0.3, 0.4) is 0 Å². The van der Waals surface area contributed by atoms with Gasteiger partial charge in [-0.25, -0.2) is 0 Å². The highest BCUT2D eigenvalue weighted by atomic mass is 16.4. The summed E-state index contributed by atoms with van der Waals surface area (Å²) < 4.78 is 0. The first-order valence-corrected chi connectivity index (χ1v) is 7.39. The van der Waals surface area contributed by atoms with Gasteiger partial charge in [0.25, 0.3) is 0 Å². The van der Waals surface area contributed by atoms with E-state index in [1.807, 2.05) is 31.2 Å². The van der Waals surface area contributed by atoms with Crippen LogP contribution >= 0.6 is 0 Å². The second-order valence-corrected chi connectivity index (χ2v) is 6.10. The molecular weight excluding hydrogens is 268 g/mol. The largest absolute Gasteiger partial charge is 0.481 e. The van der Waals surface area contributed by atoms with Crippen LogP contribution in [0.1, 0.15) is 12.5 Å². The molecule has 0 saturated carbocycles. The summed E-state index contributed by atoms with van der Waals surface area (Å²) in [6.07, 6.45) is 0.727. The Morgan fingerprint density at radius 3 is 2.76 bits per heavy atom. The Morgan fingerprint density at radius 1 is 1.29 bits per heavy atom. The molecule has 5 nitrogen and oxygen atoms in total. The SMILES string of the molecule is C[C@@H]1CN(C(=O)C2CNc3ccccc3C2)C[C@H]1C(=O)O. The first-order chi connectivity index (χ1) is 10.1. The predicted octanol–water partition coefficient (Wildman–Crippen LogP) is 1.45. The molecule has 2 aliphatic heterocycles. The van der Waals surface area contributed by atoms with E-state index in [0.717, 1.165) is 17.7 Å². The topological polar surface area (TPSA) is 69.6 Å². The molecule has 5 heteroatoms. The van der Waals surface area contributed by atoms with Crippen LogP contribution in [0.4, 0.5) is 5.69 Å². The number of amides is 1. The molecule has 1 aromatic carbocycles. The van der Waals surface area contributed by atoms with Crippen molar-refractivity contribution in [2.45, 2.75) is 13.3 Å². The first-order valence-electron chi connectivity index (χ1n) is 7.39. The highest BCUT2D eigenvalue weighted by Crippen LogP contribution is 2.29. The number of carbonyl (C=O) groups excluding carboxylic acids is 1. The molecule has 2 aliphatic rings. The lowest BCUT2D eigenvalue weighted by atomic mass is 9.93. The van der Waals surface area contributed by atoms with Crippen LogP contribution in [0.25, 0.3) is 0 Å². The molecule has 0 aromatic heterocycles. The van der Waals surface area contributed by atoms with Crippen molar-refractivity contribution in [3.8, 4) is 0 Å². The number of anilines is 1. The van der Waals surface area contributed by atoms with Crippen LogP contribution in [0, 0.1) is 17.8 Å². The summed E-state index contributed by atoms with van der Waals surface area (Å²) in [4.78, 5) is 25.5. The summed E-state index contributed by atoms with van der Waals surface area (Å²) in [5, 5.41) is 12.5. The van der Waals surface area contributed by atoms with Crippen molar-refractivity contribution in [2.24, 2.45) is 17.8 Å². The Kier molecular flexibility index (Phi) is 3.57. The summed E-state index contributed by atoms with van der Waals surface area (Å²) >= 11 is 0.